The number of hydrogen-bond acceptors (Lipinski definition) is 12. The molecule has 0 aliphatic heterocycles. The average molecular weight is 1150 g/mol. The highest BCUT2D eigenvalue weighted by Crippen LogP contribution is 2.39. The van der Waals surface area contributed by atoms with Crippen molar-refractivity contribution in [3.63, 3.8) is 0 Å². The Labute approximate surface area is 505 Å². The van der Waals surface area contributed by atoms with E-state index in [-0.39, 0.29) is 0 Å². The quantitative estimate of drug-likeness (QED) is 0.0675. The fourth-order valence-corrected chi connectivity index (χ4v) is 11.1. The minimum atomic E-state index is -1.45. The number of fused-ring (bicyclic) bond motifs is 12. The lowest BCUT2D eigenvalue weighted by Crippen LogP contribution is -2.29. The van der Waals surface area contributed by atoms with Gasteiger partial charge in [0.2, 0.25) is 0 Å². The first-order valence-electron chi connectivity index (χ1n) is 28.3. The highest BCUT2D eigenvalue weighted by atomic mass is 16.5. The van der Waals surface area contributed by atoms with Crippen molar-refractivity contribution >= 4 is 133 Å². The third-order valence-electron chi connectivity index (χ3n) is 15.5. The van der Waals surface area contributed by atoms with Crippen molar-refractivity contribution in [2.75, 3.05) is 0 Å². The summed E-state index contributed by atoms with van der Waals surface area (Å²) in [7, 11) is -3.64. The lowest BCUT2D eigenvalue weighted by Gasteiger charge is -2.06. The number of benzene rings is 12. The molecular formula is C72H51B4O12. The molecule has 88 heavy (non-hydrogen) atoms. The van der Waals surface area contributed by atoms with Crippen molar-refractivity contribution in [3.05, 3.63) is 267 Å². The zero-order chi connectivity index (χ0) is 60.3. The van der Waals surface area contributed by atoms with Gasteiger partial charge in [-0.1, -0.05) is 200 Å². The van der Waals surface area contributed by atoms with E-state index in [2.05, 4.69) is 54.6 Å². The van der Waals surface area contributed by atoms with Crippen LogP contribution in [0.25, 0.3) is 132 Å². The topological polar surface area (TPSA) is 203 Å². The first kappa shape index (κ1) is 56.7. The third-order valence-corrected chi connectivity index (χ3v) is 15.5. The molecule has 0 bridgehead atoms. The van der Waals surface area contributed by atoms with E-state index in [1.807, 2.05) is 176 Å². The minimum absolute atomic E-state index is 0.473. The van der Waals surface area contributed by atoms with Crippen LogP contribution in [-0.2, 0) is 0 Å². The predicted octanol–water partition coefficient (Wildman–Crippen LogP) is 13.0. The Morgan fingerprint density at radius 1 is 0.273 bits per heavy atom. The van der Waals surface area contributed by atoms with Gasteiger partial charge in [-0.15, -0.1) is 0 Å². The summed E-state index contributed by atoms with van der Waals surface area (Å²) in [6, 6.07) is 85.4. The molecule has 423 valence electrons. The van der Waals surface area contributed by atoms with Crippen LogP contribution in [0.15, 0.2) is 285 Å². The average Bonchev–Trinajstić information content (AvgIpc) is 3.57. The van der Waals surface area contributed by atoms with Gasteiger partial charge in [-0.05, 0) is 122 Å². The monoisotopic (exact) mass is 1150 g/mol. The molecule has 0 amide bonds. The van der Waals surface area contributed by atoms with Gasteiger partial charge in [-0.2, -0.15) is 0 Å². The van der Waals surface area contributed by atoms with Gasteiger partial charge in [-0.3, -0.25) is 0 Å². The van der Waals surface area contributed by atoms with Crippen molar-refractivity contribution in [2.45, 2.75) is 0 Å². The fraction of sp³-hybridized carbons (Fsp3) is 0. The first-order chi connectivity index (χ1) is 43.0. The molecule has 0 saturated carbocycles. The zero-order valence-electron chi connectivity index (χ0n) is 46.9. The third kappa shape index (κ3) is 11.6. The van der Waals surface area contributed by atoms with Crippen LogP contribution in [0.4, 0.5) is 0 Å². The Hall–Kier alpha value is -10.4. The Morgan fingerprint density at radius 3 is 1.23 bits per heavy atom. The SMILES string of the molecule is OB(O)c1ccc(-c2ccc3c(c2)oc2ccccc23)cc1.OB(O)c1ccc(-c2ccc3oc4ccccc4c3c2)cc1.OB(O)c1ccc(-c2cccc3c2oc2ccccc23)cc1.O[B]Oc1ccc(-c2cccc3oc4ccccc4c23)cc1. The number of furan rings is 4. The van der Waals surface area contributed by atoms with E-state index in [0.29, 0.717) is 29.8 Å². The second-order valence-electron chi connectivity index (χ2n) is 20.9. The van der Waals surface area contributed by atoms with E-state index < -0.39 is 21.4 Å². The molecule has 0 spiro atoms. The van der Waals surface area contributed by atoms with E-state index >= 15 is 0 Å². The zero-order valence-corrected chi connectivity index (χ0v) is 46.9. The Balaban J connectivity index is 0.000000108. The summed E-state index contributed by atoms with van der Waals surface area (Å²) in [6.45, 7) is 0. The van der Waals surface area contributed by atoms with Crippen LogP contribution < -0.4 is 21.0 Å². The number of hydrogen-bond donors (Lipinski definition) is 7. The summed E-state index contributed by atoms with van der Waals surface area (Å²) >= 11 is 0. The molecule has 16 heteroatoms. The van der Waals surface area contributed by atoms with Crippen LogP contribution in [-0.4, -0.2) is 64.2 Å². The van der Waals surface area contributed by atoms with Gasteiger partial charge in [-0.25, -0.2) is 0 Å². The molecular weight excluding hydrogens is 1100 g/mol. The smallest absolute Gasteiger partial charge is 0.537 e. The van der Waals surface area contributed by atoms with E-state index in [1.165, 1.54) is 0 Å². The highest BCUT2D eigenvalue weighted by molar-refractivity contribution is 6.59. The maximum Gasteiger partial charge on any atom is 0.569 e. The molecule has 1 radical (unpaired) electrons. The van der Waals surface area contributed by atoms with Crippen molar-refractivity contribution < 1.29 is 57.5 Å². The van der Waals surface area contributed by atoms with Crippen LogP contribution in [0.3, 0.4) is 0 Å². The molecule has 16 rings (SSSR count). The molecule has 0 aliphatic carbocycles. The second kappa shape index (κ2) is 24.9. The van der Waals surface area contributed by atoms with Gasteiger partial charge < -0.3 is 57.5 Å². The second-order valence-corrected chi connectivity index (χ2v) is 20.9. The summed E-state index contributed by atoms with van der Waals surface area (Å²) in [5.41, 5.74) is 16.7. The maximum atomic E-state index is 9.19. The Kier molecular flexibility index (Phi) is 16.1. The lowest BCUT2D eigenvalue weighted by molar-refractivity contribution is 0.424. The van der Waals surface area contributed by atoms with Crippen molar-refractivity contribution in [2.24, 2.45) is 0 Å². The molecule has 0 saturated heterocycles. The molecule has 12 aromatic carbocycles. The Bertz CT molecular complexity index is 5080. The van der Waals surface area contributed by atoms with Crippen LogP contribution in [0.5, 0.6) is 5.75 Å². The van der Waals surface area contributed by atoms with Gasteiger partial charge in [0.25, 0.3) is 0 Å². The molecule has 12 nitrogen and oxygen atoms in total. The van der Waals surface area contributed by atoms with E-state index in [0.717, 1.165) is 132 Å². The van der Waals surface area contributed by atoms with Crippen molar-refractivity contribution in [3.8, 4) is 50.3 Å². The largest absolute Gasteiger partial charge is 0.569 e. The van der Waals surface area contributed by atoms with Crippen molar-refractivity contribution in [1.29, 1.82) is 0 Å². The van der Waals surface area contributed by atoms with Crippen LogP contribution in [0.2, 0.25) is 0 Å². The maximum absolute atomic E-state index is 9.19. The van der Waals surface area contributed by atoms with E-state index in [1.54, 1.807) is 36.4 Å². The normalized spacial score (nSPS) is 11.1. The first-order valence-corrected chi connectivity index (χ1v) is 28.3. The molecule has 0 aliphatic rings. The molecule has 7 N–H and O–H groups in total. The highest BCUT2D eigenvalue weighted by Gasteiger charge is 2.17. The van der Waals surface area contributed by atoms with E-state index in [9.17, 15) is 10.0 Å². The van der Waals surface area contributed by atoms with Gasteiger partial charge in [0.05, 0.1) is 0 Å². The van der Waals surface area contributed by atoms with Crippen LogP contribution in [0, 0.1) is 0 Å². The van der Waals surface area contributed by atoms with Gasteiger partial charge in [0.15, 0.2) is 0 Å². The number of rotatable bonds is 9. The minimum Gasteiger partial charge on any atom is -0.537 e. The molecule has 4 heterocycles. The van der Waals surface area contributed by atoms with Crippen molar-refractivity contribution in [1.82, 2.24) is 0 Å². The Morgan fingerprint density at radius 2 is 0.648 bits per heavy atom. The van der Waals surface area contributed by atoms with Crippen LogP contribution >= 0.6 is 0 Å². The standard InChI is InChI=1S/C18H13BO3.C18H12BO3.2C18H13BO3/c20-19(21)13-10-8-12(9-11-13)14-5-3-6-16-15-4-1-2-7-17(15)22-18(14)16;20-19-22-13-10-8-12(9-11-13)14-5-3-7-17-18(14)15-4-1-2-6-16(15)21-17;20-19(21)14-8-5-12(6-9-14)13-7-10-18-16(11-13)15-3-1-2-4-17(15)22-18;20-19(21)14-8-5-12(6-9-14)13-7-10-16-15-3-1-2-4-17(15)22-18(16)11-13/h1-11,20-21H;1-11,20H;2*1-11,20-21H. The summed E-state index contributed by atoms with van der Waals surface area (Å²) in [5.74, 6) is 0.593. The molecule has 4 aromatic heterocycles. The van der Waals surface area contributed by atoms with Crippen LogP contribution in [0.1, 0.15) is 0 Å². The summed E-state index contributed by atoms with van der Waals surface area (Å²) in [4.78, 5) is 0. The summed E-state index contributed by atoms with van der Waals surface area (Å²) in [5, 5.41) is 72.5. The molecule has 0 atom stereocenters. The van der Waals surface area contributed by atoms with E-state index in [4.69, 9.17) is 47.4 Å². The fourth-order valence-electron chi connectivity index (χ4n) is 11.1. The molecule has 0 unspecified atom stereocenters. The summed E-state index contributed by atoms with van der Waals surface area (Å²) < 4.78 is 28.6. The predicted molar refractivity (Wildman–Crippen MR) is 355 cm³/mol. The lowest BCUT2D eigenvalue weighted by atomic mass is 9.80. The van der Waals surface area contributed by atoms with Gasteiger partial charge >= 0.3 is 29.0 Å². The number of para-hydroxylation sites is 5. The summed E-state index contributed by atoms with van der Waals surface area (Å²) in [6.07, 6.45) is 0. The van der Waals surface area contributed by atoms with Gasteiger partial charge in [0.1, 0.15) is 50.4 Å². The molecule has 0 fully saturated rings. The molecule has 16 aromatic rings. The van der Waals surface area contributed by atoms with Gasteiger partial charge in [0, 0.05) is 48.7 Å².